The molecular formula is C22H13Cl2N3O3S. The summed E-state index contributed by atoms with van der Waals surface area (Å²) in [5.74, 6) is -0.557. The number of hydrogen-bond donors (Lipinski definition) is 1. The average Bonchev–Trinajstić information content (AvgIpc) is 3.01. The van der Waals surface area contributed by atoms with Crippen molar-refractivity contribution in [3.8, 4) is 5.75 Å². The molecule has 3 aromatic rings. The van der Waals surface area contributed by atoms with Gasteiger partial charge in [-0.3, -0.25) is 9.59 Å². The number of azo groups is 1. The first-order chi connectivity index (χ1) is 14.9. The molecule has 9 heteroatoms. The van der Waals surface area contributed by atoms with Crippen molar-refractivity contribution in [2.45, 2.75) is 0 Å². The number of thioether (sulfide) groups is 1. The second-order valence-corrected chi connectivity index (χ2v) is 8.29. The number of hydrogen-bond acceptors (Lipinski definition) is 6. The number of imide groups is 1. The SMILES string of the molecule is O=C1S/C(=C\c2cc(N=Nc3cccc(Cl)c3)ccc2O)C(=O)N1c1cccc(Cl)c1. The van der Waals surface area contributed by atoms with Gasteiger partial charge in [-0.05, 0) is 72.4 Å². The molecule has 2 amide bonds. The highest BCUT2D eigenvalue weighted by Gasteiger charge is 2.36. The summed E-state index contributed by atoms with van der Waals surface area (Å²) in [6.45, 7) is 0. The van der Waals surface area contributed by atoms with Gasteiger partial charge in [0.15, 0.2) is 0 Å². The Hall–Kier alpha value is -3.13. The molecule has 0 saturated carbocycles. The van der Waals surface area contributed by atoms with Crippen molar-refractivity contribution in [2.75, 3.05) is 4.90 Å². The van der Waals surface area contributed by atoms with Crippen LogP contribution >= 0.6 is 35.0 Å². The predicted octanol–water partition coefficient (Wildman–Crippen LogP) is 7.36. The van der Waals surface area contributed by atoms with Gasteiger partial charge in [0.25, 0.3) is 11.1 Å². The Balaban J connectivity index is 1.62. The van der Waals surface area contributed by atoms with E-state index in [2.05, 4.69) is 10.2 Å². The number of carbonyl (C=O) groups excluding carboxylic acids is 2. The van der Waals surface area contributed by atoms with Crippen molar-refractivity contribution in [1.82, 2.24) is 0 Å². The molecule has 31 heavy (non-hydrogen) atoms. The Morgan fingerprint density at radius 2 is 1.55 bits per heavy atom. The smallest absolute Gasteiger partial charge is 0.298 e. The van der Waals surface area contributed by atoms with Gasteiger partial charge in [-0.2, -0.15) is 10.2 Å². The maximum absolute atomic E-state index is 12.8. The summed E-state index contributed by atoms with van der Waals surface area (Å²) in [6, 6.07) is 18.0. The topological polar surface area (TPSA) is 82.3 Å². The molecule has 4 rings (SSSR count). The van der Waals surface area contributed by atoms with Crippen LogP contribution in [-0.2, 0) is 4.79 Å². The van der Waals surface area contributed by atoms with Gasteiger partial charge >= 0.3 is 0 Å². The summed E-state index contributed by atoms with van der Waals surface area (Å²) in [5.41, 5.74) is 1.74. The van der Waals surface area contributed by atoms with Gasteiger partial charge in [0.05, 0.1) is 22.0 Å². The van der Waals surface area contributed by atoms with Gasteiger partial charge in [-0.1, -0.05) is 35.3 Å². The van der Waals surface area contributed by atoms with Crippen LogP contribution < -0.4 is 4.90 Å². The minimum atomic E-state index is -0.498. The van der Waals surface area contributed by atoms with E-state index in [9.17, 15) is 14.7 Å². The molecule has 0 aliphatic carbocycles. The van der Waals surface area contributed by atoms with Gasteiger partial charge in [0, 0.05) is 15.6 Å². The molecule has 154 valence electrons. The van der Waals surface area contributed by atoms with Gasteiger partial charge in [0.1, 0.15) is 5.75 Å². The van der Waals surface area contributed by atoms with Crippen LogP contribution in [0.2, 0.25) is 10.0 Å². The van der Waals surface area contributed by atoms with Crippen molar-refractivity contribution in [1.29, 1.82) is 0 Å². The maximum Gasteiger partial charge on any atom is 0.298 e. The zero-order valence-electron chi connectivity index (χ0n) is 15.7. The van der Waals surface area contributed by atoms with E-state index in [1.807, 2.05) is 0 Å². The zero-order chi connectivity index (χ0) is 22.0. The van der Waals surface area contributed by atoms with E-state index in [0.29, 0.717) is 32.7 Å². The lowest BCUT2D eigenvalue weighted by Crippen LogP contribution is -2.27. The molecule has 3 aromatic carbocycles. The second kappa shape index (κ2) is 8.93. The van der Waals surface area contributed by atoms with Gasteiger partial charge in [0.2, 0.25) is 0 Å². The average molecular weight is 470 g/mol. The van der Waals surface area contributed by atoms with E-state index >= 15 is 0 Å². The summed E-state index contributed by atoms with van der Waals surface area (Å²) in [5, 5.41) is 19.0. The molecule has 1 saturated heterocycles. The standard InChI is InChI=1S/C22H13Cl2N3O3S/c23-14-3-1-5-16(11-14)25-26-17-7-8-19(28)13(9-17)10-20-21(29)27(22(30)31-20)18-6-2-4-15(24)12-18/h1-12,28H/b20-10-,26-25?. The highest BCUT2D eigenvalue weighted by Crippen LogP contribution is 2.38. The van der Waals surface area contributed by atoms with Crippen LogP contribution in [0.4, 0.5) is 21.9 Å². The first-order valence-corrected chi connectivity index (χ1v) is 10.5. The molecule has 0 spiro atoms. The van der Waals surface area contributed by atoms with Crippen LogP contribution in [0.15, 0.2) is 81.9 Å². The number of carbonyl (C=O) groups is 2. The number of aromatic hydroxyl groups is 1. The molecule has 1 aliphatic heterocycles. The minimum absolute atomic E-state index is 0.0590. The van der Waals surface area contributed by atoms with Gasteiger partial charge < -0.3 is 5.11 Å². The van der Waals surface area contributed by atoms with E-state index in [-0.39, 0.29) is 10.7 Å². The Labute approximate surface area is 191 Å². The summed E-state index contributed by atoms with van der Waals surface area (Å²) < 4.78 is 0. The number of phenols is 1. The fourth-order valence-electron chi connectivity index (χ4n) is 2.82. The lowest BCUT2D eigenvalue weighted by molar-refractivity contribution is -0.113. The van der Waals surface area contributed by atoms with E-state index in [0.717, 1.165) is 16.7 Å². The van der Waals surface area contributed by atoms with Crippen molar-refractivity contribution in [3.05, 3.63) is 87.2 Å². The zero-order valence-corrected chi connectivity index (χ0v) is 18.0. The minimum Gasteiger partial charge on any atom is -0.507 e. The number of halogens is 2. The molecule has 0 aromatic heterocycles. The Kier molecular flexibility index (Phi) is 6.08. The molecule has 0 bridgehead atoms. The quantitative estimate of drug-likeness (QED) is 0.319. The number of rotatable bonds is 4. The largest absolute Gasteiger partial charge is 0.507 e. The van der Waals surface area contributed by atoms with Crippen LogP contribution in [0.1, 0.15) is 5.56 Å². The monoisotopic (exact) mass is 469 g/mol. The molecule has 1 fully saturated rings. The van der Waals surface area contributed by atoms with E-state index in [4.69, 9.17) is 23.2 Å². The molecule has 0 radical (unpaired) electrons. The number of amides is 2. The van der Waals surface area contributed by atoms with Gasteiger partial charge in [-0.25, -0.2) is 4.90 Å². The summed E-state index contributed by atoms with van der Waals surface area (Å²) >= 11 is 12.7. The number of phenolic OH excluding ortho intramolecular Hbond substituents is 1. The normalized spacial score (nSPS) is 15.4. The van der Waals surface area contributed by atoms with Crippen LogP contribution in [0.3, 0.4) is 0 Å². The van der Waals surface area contributed by atoms with E-state index in [1.54, 1.807) is 54.6 Å². The highest BCUT2D eigenvalue weighted by molar-refractivity contribution is 8.19. The molecule has 1 heterocycles. The molecule has 1 N–H and O–H groups in total. The number of nitrogens with zero attached hydrogens (tertiary/aromatic N) is 3. The molecule has 1 aliphatic rings. The lowest BCUT2D eigenvalue weighted by Gasteiger charge is -2.12. The third-order valence-corrected chi connectivity index (χ3v) is 5.59. The van der Waals surface area contributed by atoms with Gasteiger partial charge in [-0.15, -0.1) is 0 Å². The fourth-order valence-corrected chi connectivity index (χ4v) is 4.02. The van der Waals surface area contributed by atoms with E-state index in [1.165, 1.54) is 18.2 Å². The van der Waals surface area contributed by atoms with Crippen LogP contribution in [-0.4, -0.2) is 16.3 Å². The van der Waals surface area contributed by atoms with Crippen LogP contribution in [0.25, 0.3) is 6.08 Å². The number of benzene rings is 3. The first-order valence-electron chi connectivity index (χ1n) is 8.94. The summed E-state index contributed by atoms with van der Waals surface area (Å²) in [4.78, 5) is 26.4. The molecular weight excluding hydrogens is 457 g/mol. The van der Waals surface area contributed by atoms with Crippen molar-refractivity contribution < 1.29 is 14.7 Å². The van der Waals surface area contributed by atoms with Crippen LogP contribution in [0, 0.1) is 0 Å². The van der Waals surface area contributed by atoms with Crippen molar-refractivity contribution >= 4 is 69.2 Å². The Bertz CT molecular complexity index is 1260. The summed E-state index contributed by atoms with van der Waals surface area (Å²) in [7, 11) is 0. The third-order valence-electron chi connectivity index (χ3n) is 4.25. The maximum atomic E-state index is 12.8. The predicted molar refractivity (Wildman–Crippen MR) is 124 cm³/mol. The first kappa shape index (κ1) is 21.1. The van der Waals surface area contributed by atoms with Crippen LogP contribution in [0.5, 0.6) is 5.75 Å². The van der Waals surface area contributed by atoms with Crippen molar-refractivity contribution in [2.24, 2.45) is 10.2 Å². The Morgan fingerprint density at radius 3 is 2.26 bits per heavy atom. The number of anilines is 1. The van der Waals surface area contributed by atoms with Crippen molar-refractivity contribution in [3.63, 3.8) is 0 Å². The summed E-state index contributed by atoms with van der Waals surface area (Å²) in [6.07, 6.45) is 1.45. The molecule has 6 nitrogen and oxygen atoms in total. The highest BCUT2D eigenvalue weighted by atomic mass is 35.5. The molecule has 0 atom stereocenters. The lowest BCUT2D eigenvalue weighted by atomic mass is 10.1. The fraction of sp³-hybridized carbons (Fsp3) is 0. The van der Waals surface area contributed by atoms with E-state index < -0.39 is 11.1 Å². The third kappa shape index (κ3) is 4.80. The second-order valence-electron chi connectivity index (χ2n) is 6.42. The molecule has 0 unspecified atom stereocenters. The Morgan fingerprint density at radius 1 is 0.871 bits per heavy atom.